The Kier molecular flexibility index (Phi) is 4.24. The lowest BCUT2D eigenvalue weighted by Gasteiger charge is -2.35. The van der Waals surface area contributed by atoms with E-state index in [1.54, 1.807) is 0 Å². The van der Waals surface area contributed by atoms with Crippen LogP contribution in [0.3, 0.4) is 0 Å². The maximum atomic E-state index is 12.8. The summed E-state index contributed by atoms with van der Waals surface area (Å²) in [6, 6.07) is 8.66. The van der Waals surface area contributed by atoms with Crippen LogP contribution in [-0.2, 0) is 10.2 Å². The van der Waals surface area contributed by atoms with Gasteiger partial charge in [-0.3, -0.25) is 10.1 Å². The van der Waals surface area contributed by atoms with Crippen LogP contribution >= 0.6 is 11.8 Å². The van der Waals surface area contributed by atoms with Crippen LogP contribution in [0.5, 0.6) is 0 Å². The van der Waals surface area contributed by atoms with Gasteiger partial charge in [-0.1, -0.05) is 52.0 Å². The van der Waals surface area contributed by atoms with Gasteiger partial charge in [-0.15, -0.1) is 11.8 Å². The van der Waals surface area contributed by atoms with Crippen LogP contribution in [0.15, 0.2) is 34.7 Å². The molecule has 1 aliphatic carbocycles. The monoisotopic (exact) mass is 356 g/mol. The van der Waals surface area contributed by atoms with E-state index in [9.17, 15) is 4.79 Å². The van der Waals surface area contributed by atoms with Crippen molar-refractivity contribution in [1.82, 2.24) is 10.6 Å². The first-order valence-electron chi connectivity index (χ1n) is 9.38. The fourth-order valence-electron chi connectivity index (χ4n) is 4.17. The second-order valence-corrected chi connectivity index (χ2v) is 10.0. The molecule has 1 fully saturated rings. The lowest BCUT2D eigenvalue weighted by atomic mass is 9.83. The Labute approximate surface area is 155 Å². The van der Waals surface area contributed by atoms with Crippen molar-refractivity contribution < 1.29 is 4.79 Å². The molecule has 1 amide bonds. The maximum absolute atomic E-state index is 12.8. The predicted molar refractivity (Wildman–Crippen MR) is 104 cm³/mol. The highest BCUT2D eigenvalue weighted by atomic mass is 32.2. The van der Waals surface area contributed by atoms with Crippen LogP contribution in [0.4, 0.5) is 0 Å². The van der Waals surface area contributed by atoms with Crippen molar-refractivity contribution >= 4 is 17.7 Å². The van der Waals surface area contributed by atoms with Gasteiger partial charge in [-0.05, 0) is 52.2 Å². The van der Waals surface area contributed by atoms with Crippen molar-refractivity contribution in [2.45, 2.75) is 63.9 Å². The van der Waals surface area contributed by atoms with E-state index < -0.39 is 0 Å². The Balaban J connectivity index is 1.52. The molecule has 1 saturated heterocycles. The molecule has 2 aliphatic heterocycles. The van der Waals surface area contributed by atoms with Gasteiger partial charge in [0.05, 0.1) is 11.3 Å². The topological polar surface area (TPSA) is 41.1 Å². The third kappa shape index (κ3) is 3.15. The SMILES string of the molecule is CC1CCC2=C(C1)SC1NC(c3ccc(C(C)(C)C)cc3)NC(=O)C21. The van der Waals surface area contributed by atoms with Gasteiger partial charge >= 0.3 is 0 Å². The van der Waals surface area contributed by atoms with Crippen molar-refractivity contribution in [2.24, 2.45) is 11.8 Å². The molecule has 0 saturated carbocycles. The first-order valence-corrected chi connectivity index (χ1v) is 10.3. The largest absolute Gasteiger partial charge is 0.336 e. The number of fused-ring (bicyclic) bond motifs is 2. The zero-order chi connectivity index (χ0) is 17.8. The third-order valence-electron chi connectivity index (χ3n) is 5.76. The molecule has 25 heavy (non-hydrogen) atoms. The summed E-state index contributed by atoms with van der Waals surface area (Å²) in [6.45, 7) is 8.98. The molecule has 4 rings (SSSR count). The van der Waals surface area contributed by atoms with Crippen molar-refractivity contribution in [3.05, 3.63) is 45.9 Å². The minimum absolute atomic E-state index is 0.0256. The third-order valence-corrected chi connectivity index (χ3v) is 7.13. The predicted octanol–water partition coefficient (Wildman–Crippen LogP) is 4.47. The standard InChI is InChI=1S/C21H28N2OS/c1-12-5-10-15-16(11-12)25-20-17(15)19(24)22-18(23-20)13-6-8-14(9-7-13)21(2,3)4/h6-9,12,17-18,20,23H,5,10-11H2,1-4H3,(H,22,24). The van der Waals surface area contributed by atoms with Crippen molar-refractivity contribution in [2.75, 3.05) is 0 Å². The highest BCUT2D eigenvalue weighted by Crippen LogP contribution is 2.50. The molecule has 1 aromatic carbocycles. The summed E-state index contributed by atoms with van der Waals surface area (Å²) in [6.07, 6.45) is 3.36. The van der Waals surface area contributed by atoms with Crippen molar-refractivity contribution in [1.29, 1.82) is 0 Å². The summed E-state index contributed by atoms with van der Waals surface area (Å²) in [5.41, 5.74) is 4.00. The quantitative estimate of drug-likeness (QED) is 0.780. The van der Waals surface area contributed by atoms with Crippen LogP contribution in [0.2, 0.25) is 0 Å². The number of carbonyl (C=O) groups excluding carboxylic acids is 1. The number of amides is 1. The number of carbonyl (C=O) groups is 1. The molecule has 3 aliphatic rings. The Morgan fingerprint density at radius 1 is 1.16 bits per heavy atom. The number of hydrogen-bond donors (Lipinski definition) is 2. The van der Waals surface area contributed by atoms with Gasteiger partial charge in [0.1, 0.15) is 6.17 Å². The minimum atomic E-state index is -0.0888. The second kappa shape index (κ2) is 6.17. The Hall–Kier alpha value is -1.26. The smallest absolute Gasteiger partial charge is 0.231 e. The summed E-state index contributed by atoms with van der Waals surface area (Å²) in [5, 5.41) is 7.08. The Morgan fingerprint density at radius 3 is 2.56 bits per heavy atom. The molecule has 134 valence electrons. The lowest BCUT2D eigenvalue weighted by Crippen LogP contribution is -2.54. The van der Waals surface area contributed by atoms with E-state index in [1.165, 1.54) is 22.5 Å². The normalized spacial score (nSPS) is 32.2. The van der Waals surface area contributed by atoms with E-state index in [2.05, 4.69) is 62.6 Å². The summed E-state index contributed by atoms with van der Waals surface area (Å²) in [4.78, 5) is 14.3. The van der Waals surface area contributed by atoms with E-state index in [4.69, 9.17) is 0 Å². The maximum Gasteiger partial charge on any atom is 0.231 e. The molecule has 3 nitrogen and oxygen atoms in total. The molecule has 4 heteroatoms. The van der Waals surface area contributed by atoms with Crippen LogP contribution in [0.1, 0.15) is 64.3 Å². The molecule has 4 atom stereocenters. The number of nitrogens with one attached hydrogen (secondary N) is 2. The van der Waals surface area contributed by atoms with Gasteiger partial charge in [-0.25, -0.2) is 0 Å². The first-order chi connectivity index (χ1) is 11.8. The van der Waals surface area contributed by atoms with Gasteiger partial charge in [0.2, 0.25) is 5.91 Å². The summed E-state index contributed by atoms with van der Waals surface area (Å²) in [7, 11) is 0. The van der Waals surface area contributed by atoms with Crippen LogP contribution < -0.4 is 10.6 Å². The number of hydrogen-bond acceptors (Lipinski definition) is 3. The number of thioether (sulfide) groups is 1. The van der Waals surface area contributed by atoms with Crippen LogP contribution in [-0.4, -0.2) is 11.3 Å². The van der Waals surface area contributed by atoms with Crippen molar-refractivity contribution in [3.8, 4) is 0 Å². The molecule has 2 N–H and O–H groups in total. The van der Waals surface area contributed by atoms with Gasteiger partial charge in [0.15, 0.2) is 0 Å². The fraction of sp³-hybridized carbons (Fsp3) is 0.571. The average molecular weight is 357 g/mol. The van der Waals surface area contributed by atoms with E-state index in [0.717, 1.165) is 24.3 Å². The Bertz CT molecular complexity index is 716. The molecule has 0 spiro atoms. The van der Waals surface area contributed by atoms with E-state index in [0.29, 0.717) is 0 Å². The Morgan fingerprint density at radius 2 is 1.88 bits per heavy atom. The number of benzene rings is 1. The van der Waals surface area contributed by atoms with Crippen LogP contribution in [0, 0.1) is 11.8 Å². The van der Waals surface area contributed by atoms with Gasteiger partial charge in [0, 0.05) is 0 Å². The van der Waals surface area contributed by atoms with E-state index >= 15 is 0 Å². The highest BCUT2D eigenvalue weighted by Gasteiger charge is 2.45. The van der Waals surface area contributed by atoms with Crippen LogP contribution in [0.25, 0.3) is 0 Å². The summed E-state index contributed by atoms with van der Waals surface area (Å²) in [5.74, 6) is 0.966. The van der Waals surface area contributed by atoms with E-state index in [1.807, 2.05) is 11.8 Å². The van der Waals surface area contributed by atoms with Gasteiger partial charge in [-0.2, -0.15) is 0 Å². The molecular weight excluding hydrogens is 328 g/mol. The molecule has 0 radical (unpaired) electrons. The minimum Gasteiger partial charge on any atom is -0.336 e. The first kappa shape index (κ1) is 17.2. The highest BCUT2D eigenvalue weighted by molar-refractivity contribution is 8.04. The van der Waals surface area contributed by atoms with Gasteiger partial charge in [0.25, 0.3) is 0 Å². The molecule has 2 heterocycles. The lowest BCUT2D eigenvalue weighted by molar-refractivity contribution is -0.127. The van der Waals surface area contributed by atoms with E-state index in [-0.39, 0.29) is 28.8 Å². The molecular formula is C21H28N2OS. The summed E-state index contributed by atoms with van der Waals surface area (Å²) < 4.78 is 0. The average Bonchev–Trinajstić information content (AvgIpc) is 2.91. The zero-order valence-corrected chi connectivity index (χ0v) is 16.4. The molecule has 1 aromatic rings. The van der Waals surface area contributed by atoms with Gasteiger partial charge < -0.3 is 5.32 Å². The molecule has 0 bridgehead atoms. The van der Waals surface area contributed by atoms with Crippen molar-refractivity contribution in [3.63, 3.8) is 0 Å². The fourth-order valence-corrected chi connectivity index (χ4v) is 5.86. The zero-order valence-electron chi connectivity index (χ0n) is 15.6. The second-order valence-electron chi connectivity index (χ2n) is 8.79. The number of allylic oxidation sites excluding steroid dienone is 1. The molecule has 0 aromatic heterocycles. The number of rotatable bonds is 1. The molecule has 4 unspecified atom stereocenters. The summed E-state index contributed by atoms with van der Waals surface area (Å²) >= 11 is 1.90.